The van der Waals surface area contributed by atoms with Gasteiger partial charge < -0.3 is 15.1 Å². The van der Waals surface area contributed by atoms with Crippen molar-refractivity contribution in [2.45, 2.75) is 25.7 Å². The fourth-order valence-electron chi connectivity index (χ4n) is 2.54. The third-order valence-electron chi connectivity index (χ3n) is 3.99. The van der Waals surface area contributed by atoms with Gasteiger partial charge in [-0.3, -0.25) is 9.59 Å². The van der Waals surface area contributed by atoms with Gasteiger partial charge in [0.25, 0.3) is 5.91 Å². The monoisotopic (exact) mass is 355 g/mol. The summed E-state index contributed by atoms with van der Waals surface area (Å²) in [7, 11) is 0. The molecule has 2 heterocycles. The molecule has 4 rings (SSSR count). The Morgan fingerprint density at radius 2 is 2.12 bits per heavy atom. The van der Waals surface area contributed by atoms with E-state index in [0.29, 0.717) is 16.5 Å². The minimum atomic E-state index is -0.285. The van der Waals surface area contributed by atoms with Crippen molar-refractivity contribution in [2.24, 2.45) is 0 Å². The van der Waals surface area contributed by atoms with E-state index in [0.717, 1.165) is 34.7 Å². The predicted molar refractivity (Wildman–Crippen MR) is 96.0 cm³/mol. The summed E-state index contributed by atoms with van der Waals surface area (Å²) in [5.41, 5.74) is 2.09. The average Bonchev–Trinajstić information content (AvgIpc) is 3.21. The Bertz CT molecular complexity index is 956. The standard InChI is InChI=1S/C18H17N3O3S/c1-10-2-7-15(25-10)17(23)19-9-16(22)20-12-5-6-14-13(8-12)21-18(24-14)11-3-4-11/h2,5-8,11H,3-4,9H2,1H3,(H,19,23)(H,20,22). The maximum atomic E-state index is 12.0. The Labute approximate surface area is 148 Å². The van der Waals surface area contributed by atoms with Gasteiger partial charge in [0.2, 0.25) is 5.91 Å². The summed E-state index contributed by atoms with van der Waals surface area (Å²) in [6, 6.07) is 8.99. The molecule has 1 saturated carbocycles. The van der Waals surface area contributed by atoms with Crippen molar-refractivity contribution < 1.29 is 14.0 Å². The SMILES string of the molecule is Cc1ccc(C(=O)NCC(=O)Nc2ccc3oc(C4CC4)nc3c2)s1. The van der Waals surface area contributed by atoms with E-state index in [4.69, 9.17) is 4.42 Å². The summed E-state index contributed by atoms with van der Waals surface area (Å²) in [6.07, 6.45) is 2.25. The molecule has 0 aliphatic heterocycles. The molecule has 1 fully saturated rings. The number of aryl methyl sites for hydroxylation is 1. The van der Waals surface area contributed by atoms with Crippen LogP contribution in [0.15, 0.2) is 34.7 Å². The number of benzene rings is 1. The number of rotatable bonds is 5. The first-order valence-corrected chi connectivity index (χ1v) is 8.95. The van der Waals surface area contributed by atoms with Crippen molar-refractivity contribution in [3.05, 3.63) is 46.0 Å². The molecule has 7 heteroatoms. The molecule has 2 aromatic heterocycles. The lowest BCUT2D eigenvalue weighted by Gasteiger charge is -2.06. The van der Waals surface area contributed by atoms with Crippen molar-refractivity contribution >= 4 is 39.9 Å². The van der Waals surface area contributed by atoms with Crippen molar-refractivity contribution in [1.82, 2.24) is 10.3 Å². The van der Waals surface area contributed by atoms with Crippen LogP contribution in [-0.2, 0) is 4.79 Å². The van der Waals surface area contributed by atoms with Gasteiger partial charge in [-0.25, -0.2) is 4.98 Å². The first-order valence-electron chi connectivity index (χ1n) is 8.13. The molecule has 0 saturated heterocycles. The van der Waals surface area contributed by atoms with E-state index in [2.05, 4.69) is 15.6 Å². The molecular weight excluding hydrogens is 338 g/mol. The van der Waals surface area contributed by atoms with Gasteiger partial charge >= 0.3 is 0 Å². The summed E-state index contributed by atoms with van der Waals surface area (Å²) < 4.78 is 5.70. The van der Waals surface area contributed by atoms with Gasteiger partial charge in [-0.05, 0) is 50.1 Å². The first kappa shape index (κ1) is 15.8. The molecule has 2 N–H and O–H groups in total. The zero-order valence-corrected chi connectivity index (χ0v) is 14.5. The lowest BCUT2D eigenvalue weighted by atomic mass is 10.3. The minimum Gasteiger partial charge on any atom is -0.440 e. The van der Waals surface area contributed by atoms with Crippen LogP contribution in [0.4, 0.5) is 5.69 Å². The molecule has 1 aliphatic carbocycles. The maximum absolute atomic E-state index is 12.0. The van der Waals surface area contributed by atoms with Crippen LogP contribution >= 0.6 is 11.3 Å². The van der Waals surface area contributed by atoms with Crippen molar-refractivity contribution in [3.8, 4) is 0 Å². The van der Waals surface area contributed by atoms with Gasteiger partial charge in [-0.15, -0.1) is 11.3 Å². The summed E-state index contributed by atoms with van der Waals surface area (Å²) in [4.78, 5) is 30.1. The smallest absolute Gasteiger partial charge is 0.261 e. The van der Waals surface area contributed by atoms with Gasteiger partial charge in [0.1, 0.15) is 5.52 Å². The molecule has 1 aromatic carbocycles. The fourth-order valence-corrected chi connectivity index (χ4v) is 3.32. The average molecular weight is 355 g/mol. The van der Waals surface area contributed by atoms with Crippen LogP contribution in [0.1, 0.15) is 39.2 Å². The molecule has 1 aliphatic rings. The minimum absolute atomic E-state index is 0.0834. The quantitative estimate of drug-likeness (QED) is 0.734. The molecule has 6 nitrogen and oxygen atoms in total. The number of fused-ring (bicyclic) bond motifs is 1. The lowest BCUT2D eigenvalue weighted by molar-refractivity contribution is -0.115. The first-order chi connectivity index (χ1) is 12.1. The highest BCUT2D eigenvalue weighted by Crippen LogP contribution is 2.40. The molecule has 0 bridgehead atoms. The molecular formula is C18H17N3O3S. The number of oxazole rings is 1. The zero-order valence-electron chi connectivity index (χ0n) is 13.7. The topological polar surface area (TPSA) is 84.2 Å². The normalized spacial score (nSPS) is 13.8. The summed E-state index contributed by atoms with van der Waals surface area (Å²) in [6.45, 7) is 1.85. The van der Waals surface area contributed by atoms with Gasteiger partial charge in [-0.1, -0.05) is 0 Å². The Kier molecular flexibility index (Phi) is 4.01. The highest BCUT2D eigenvalue weighted by molar-refractivity contribution is 7.13. The van der Waals surface area contributed by atoms with Crippen molar-refractivity contribution in [1.29, 1.82) is 0 Å². The number of thiophene rings is 1. The number of anilines is 1. The Balaban J connectivity index is 1.36. The number of hydrogen-bond donors (Lipinski definition) is 2. The summed E-state index contributed by atoms with van der Waals surface area (Å²) in [5.74, 6) is 0.694. The number of carbonyl (C=O) groups excluding carboxylic acids is 2. The van der Waals surface area contributed by atoms with E-state index in [-0.39, 0.29) is 18.4 Å². The number of amides is 2. The maximum Gasteiger partial charge on any atom is 0.261 e. The van der Waals surface area contributed by atoms with Gasteiger partial charge in [0.05, 0.1) is 11.4 Å². The highest BCUT2D eigenvalue weighted by atomic mass is 32.1. The van der Waals surface area contributed by atoms with Crippen LogP contribution < -0.4 is 10.6 Å². The van der Waals surface area contributed by atoms with E-state index in [1.807, 2.05) is 13.0 Å². The molecule has 0 radical (unpaired) electrons. The third-order valence-corrected chi connectivity index (χ3v) is 4.99. The van der Waals surface area contributed by atoms with Crippen LogP contribution in [0.3, 0.4) is 0 Å². The van der Waals surface area contributed by atoms with Crippen molar-refractivity contribution in [3.63, 3.8) is 0 Å². The second-order valence-corrected chi connectivity index (χ2v) is 7.44. The van der Waals surface area contributed by atoms with Gasteiger partial charge in [0, 0.05) is 16.5 Å². The van der Waals surface area contributed by atoms with Gasteiger partial charge in [0.15, 0.2) is 11.5 Å². The van der Waals surface area contributed by atoms with E-state index in [1.54, 1.807) is 24.3 Å². The summed E-state index contributed by atoms with van der Waals surface area (Å²) in [5, 5.41) is 5.39. The summed E-state index contributed by atoms with van der Waals surface area (Å²) >= 11 is 1.40. The molecule has 0 spiro atoms. The zero-order chi connectivity index (χ0) is 17.4. The molecule has 25 heavy (non-hydrogen) atoms. The second kappa shape index (κ2) is 6.33. The molecule has 0 atom stereocenters. The van der Waals surface area contributed by atoms with E-state index < -0.39 is 0 Å². The molecule has 0 unspecified atom stereocenters. The Morgan fingerprint density at radius 3 is 2.84 bits per heavy atom. The third kappa shape index (κ3) is 3.56. The van der Waals surface area contributed by atoms with E-state index in [1.165, 1.54) is 11.3 Å². The second-order valence-electron chi connectivity index (χ2n) is 6.15. The van der Waals surface area contributed by atoms with Crippen LogP contribution in [0.5, 0.6) is 0 Å². The van der Waals surface area contributed by atoms with Gasteiger partial charge in [-0.2, -0.15) is 0 Å². The number of aromatic nitrogens is 1. The lowest BCUT2D eigenvalue weighted by Crippen LogP contribution is -2.32. The largest absolute Gasteiger partial charge is 0.440 e. The van der Waals surface area contributed by atoms with Crippen LogP contribution in [-0.4, -0.2) is 23.3 Å². The number of nitrogens with one attached hydrogen (secondary N) is 2. The number of hydrogen-bond acceptors (Lipinski definition) is 5. The number of nitrogens with zero attached hydrogens (tertiary/aromatic N) is 1. The van der Waals surface area contributed by atoms with Crippen LogP contribution in [0.25, 0.3) is 11.1 Å². The fraction of sp³-hybridized carbons (Fsp3) is 0.278. The molecule has 128 valence electrons. The van der Waals surface area contributed by atoms with E-state index in [9.17, 15) is 9.59 Å². The highest BCUT2D eigenvalue weighted by Gasteiger charge is 2.28. The Hall–Kier alpha value is -2.67. The predicted octanol–water partition coefficient (Wildman–Crippen LogP) is 3.44. The van der Waals surface area contributed by atoms with Crippen LogP contribution in [0, 0.1) is 6.92 Å². The number of carbonyl (C=O) groups is 2. The van der Waals surface area contributed by atoms with Crippen LogP contribution in [0.2, 0.25) is 0 Å². The van der Waals surface area contributed by atoms with E-state index >= 15 is 0 Å². The molecule has 3 aromatic rings. The Morgan fingerprint density at radius 1 is 1.28 bits per heavy atom. The van der Waals surface area contributed by atoms with Crippen molar-refractivity contribution in [2.75, 3.05) is 11.9 Å². The molecule has 2 amide bonds.